The first kappa shape index (κ1) is 9.03. The van der Waals surface area contributed by atoms with Gasteiger partial charge in [-0.1, -0.05) is 24.3 Å². The summed E-state index contributed by atoms with van der Waals surface area (Å²) in [5, 5.41) is 9.85. The van der Waals surface area contributed by atoms with Crippen molar-refractivity contribution in [3.05, 3.63) is 42.2 Å². The van der Waals surface area contributed by atoms with Gasteiger partial charge in [0.05, 0.1) is 6.61 Å². The molecule has 72 valence electrons. The molecule has 1 aromatic carbocycles. The molecule has 0 saturated heterocycles. The lowest BCUT2D eigenvalue weighted by Crippen LogP contribution is -1.77. The second-order valence-corrected chi connectivity index (χ2v) is 3.22. The Morgan fingerprint density at radius 1 is 1.43 bits per heavy atom. The van der Waals surface area contributed by atoms with Crippen LogP contribution in [0, 0.1) is 0 Å². The molecule has 1 aromatic heterocycles. The van der Waals surface area contributed by atoms with Gasteiger partial charge in [-0.3, -0.25) is 0 Å². The van der Waals surface area contributed by atoms with Crippen molar-refractivity contribution in [2.24, 2.45) is 0 Å². The summed E-state index contributed by atoms with van der Waals surface area (Å²) in [5.41, 5.74) is 1.84. The van der Waals surface area contributed by atoms with E-state index in [9.17, 15) is 0 Å². The lowest BCUT2D eigenvalue weighted by Gasteiger charge is -1.92. The van der Waals surface area contributed by atoms with Crippen LogP contribution in [0.5, 0.6) is 0 Å². The zero-order valence-corrected chi connectivity index (χ0v) is 8.03. The first-order valence-electron chi connectivity index (χ1n) is 4.58. The van der Waals surface area contributed by atoms with Gasteiger partial charge in [0.15, 0.2) is 0 Å². The molecule has 14 heavy (non-hydrogen) atoms. The lowest BCUT2D eigenvalue weighted by molar-refractivity contribution is 0.343. The molecular weight excluding hydrogens is 176 g/mol. The number of benzene rings is 1. The topological polar surface area (TPSA) is 33.4 Å². The zero-order valence-electron chi connectivity index (χ0n) is 8.03. The monoisotopic (exact) mass is 188 g/mol. The van der Waals surface area contributed by atoms with Gasteiger partial charge >= 0.3 is 0 Å². The number of aliphatic hydroxyl groups excluding tert-OH is 1. The maximum absolute atomic E-state index is 8.75. The van der Waals surface area contributed by atoms with Crippen LogP contribution in [0.2, 0.25) is 0 Å². The van der Waals surface area contributed by atoms with Crippen LogP contribution in [0.15, 0.2) is 40.8 Å². The van der Waals surface area contributed by atoms with E-state index in [1.807, 2.05) is 37.3 Å². The first-order valence-corrected chi connectivity index (χ1v) is 4.58. The van der Waals surface area contributed by atoms with Gasteiger partial charge in [0.1, 0.15) is 11.3 Å². The van der Waals surface area contributed by atoms with Gasteiger partial charge in [0.2, 0.25) is 0 Å². The maximum Gasteiger partial charge on any atom is 0.134 e. The van der Waals surface area contributed by atoms with E-state index in [0.29, 0.717) is 0 Å². The van der Waals surface area contributed by atoms with Crippen molar-refractivity contribution in [1.82, 2.24) is 0 Å². The second-order valence-electron chi connectivity index (χ2n) is 3.22. The Morgan fingerprint density at radius 3 is 2.93 bits per heavy atom. The van der Waals surface area contributed by atoms with Crippen molar-refractivity contribution >= 4 is 16.5 Å². The largest absolute Gasteiger partial charge is 0.456 e. The standard InChI is InChI=1S/C12H12O2/c1-9(6-7-13)12-8-10-4-2-3-5-11(10)14-12/h2-6,8,13H,7H2,1H3. The maximum atomic E-state index is 8.75. The van der Waals surface area contributed by atoms with E-state index < -0.39 is 0 Å². The van der Waals surface area contributed by atoms with Crippen LogP contribution < -0.4 is 0 Å². The number of fused-ring (bicyclic) bond motifs is 1. The van der Waals surface area contributed by atoms with Crippen LogP contribution in [0.25, 0.3) is 16.5 Å². The van der Waals surface area contributed by atoms with E-state index in [-0.39, 0.29) is 6.61 Å². The van der Waals surface area contributed by atoms with Crippen molar-refractivity contribution in [2.75, 3.05) is 6.61 Å². The van der Waals surface area contributed by atoms with Crippen molar-refractivity contribution in [3.63, 3.8) is 0 Å². The molecule has 0 bridgehead atoms. The van der Waals surface area contributed by atoms with Crippen molar-refractivity contribution in [3.8, 4) is 0 Å². The Kier molecular flexibility index (Phi) is 2.37. The van der Waals surface area contributed by atoms with E-state index >= 15 is 0 Å². The number of allylic oxidation sites excluding steroid dienone is 1. The summed E-state index contributed by atoms with van der Waals surface area (Å²) in [6, 6.07) is 9.85. The van der Waals surface area contributed by atoms with E-state index in [4.69, 9.17) is 9.52 Å². The average molecular weight is 188 g/mol. The van der Waals surface area contributed by atoms with Gasteiger partial charge in [0, 0.05) is 5.39 Å². The van der Waals surface area contributed by atoms with Gasteiger partial charge < -0.3 is 9.52 Å². The molecule has 1 heterocycles. The van der Waals surface area contributed by atoms with Gasteiger partial charge in [-0.25, -0.2) is 0 Å². The third kappa shape index (κ3) is 1.56. The normalized spacial score (nSPS) is 12.3. The highest BCUT2D eigenvalue weighted by Gasteiger charge is 2.03. The van der Waals surface area contributed by atoms with Gasteiger partial charge in [-0.15, -0.1) is 0 Å². The van der Waals surface area contributed by atoms with Crippen molar-refractivity contribution in [1.29, 1.82) is 0 Å². The molecule has 0 saturated carbocycles. The van der Waals surface area contributed by atoms with Crippen LogP contribution in [-0.2, 0) is 0 Å². The summed E-state index contributed by atoms with van der Waals surface area (Å²) in [6.07, 6.45) is 1.73. The summed E-state index contributed by atoms with van der Waals surface area (Å²) >= 11 is 0. The molecule has 2 heteroatoms. The van der Waals surface area contributed by atoms with E-state index in [2.05, 4.69) is 0 Å². The minimum atomic E-state index is 0.0445. The first-order chi connectivity index (χ1) is 6.81. The summed E-state index contributed by atoms with van der Waals surface area (Å²) < 4.78 is 5.60. The van der Waals surface area contributed by atoms with E-state index in [1.54, 1.807) is 6.08 Å². The predicted molar refractivity (Wildman–Crippen MR) is 57.0 cm³/mol. The molecular formula is C12H12O2. The van der Waals surface area contributed by atoms with Crippen LogP contribution in [0.1, 0.15) is 12.7 Å². The molecule has 0 aliphatic carbocycles. The second kappa shape index (κ2) is 3.68. The Bertz CT molecular complexity index is 433. The molecule has 1 N–H and O–H groups in total. The highest BCUT2D eigenvalue weighted by atomic mass is 16.3. The molecule has 0 fully saturated rings. The number of furan rings is 1. The molecule has 2 aromatic rings. The Labute approximate surface area is 82.5 Å². The predicted octanol–water partition coefficient (Wildman–Crippen LogP) is 2.83. The molecule has 0 radical (unpaired) electrons. The van der Waals surface area contributed by atoms with Crippen molar-refractivity contribution in [2.45, 2.75) is 6.92 Å². The molecule has 2 nitrogen and oxygen atoms in total. The van der Waals surface area contributed by atoms with E-state index in [0.717, 1.165) is 22.3 Å². The minimum absolute atomic E-state index is 0.0445. The summed E-state index contributed by atoms with van der Waals surface area (Å²) in [7, 11) is 0. The number of hydrogen-bond donors (Lipinski definition) is 1. The Morgan fingerprint density at radius 2 is 2.21 bits per heavy atom. The third-order valence-corrected chi connectivity index (χ3v) is 2.21. The van der Waals surface area contributed by atoms with Gasteiger partial charge in [-0.2, -0.15) is 0 Å². The fourth-order valence-electron chi connectivity index (χ4n) is 1.41. The number of rotatable bonds is 2. The molecule has 0 amide bonds. The fourth-order valence-corrected chi connectivity index (χ4v) is 1.41. The molecule has 0 spiro atoms. The molecule has 0 unspecified atom stereocenters. The van der Waals surface area contributed by atoms with Crippen LogP contribution in [0.3, 0.4) is 0 Å². The summed E-state index contributed by atoms with van der Waals surface area (Å²) in [6.45, 7) is 1.97. The molecule has 2 rings (SSSR count). The van der Waals surface area contributed by atoms with Gasteiger partial charge in [-0.05, 0) is 24.6 Å². The van der Waals surface area contributed by atoms with Gasteiger partial charge in [0.25, 0.3) is 0 Å². The lowest BCUT2D eigenvalue weighted by atomic mass is 10.2. The summed E-state index contributed by atoms with van der Waals surface area (Å²) in [5.74, 6) is 0.820. The number of hydrogen-bond acceptors (Lipinski definition) is 2. The quantitative estimate of drug-likeness (QED) is 0.786. The van der Waals surface area contributed by atoms with E-state index in [1.165, 1.54) is 0 Å². The highest BCUT2D eigenvalue weighted by Crippen LogP contribution is 2.23. The fraction of sp³-hybridized carbons (Fsp3) is 0.167. The molecule has 0 aliphatic heterocycles. The molecule has 0 atom stereocenters. The molecule has 0 aliphatic rings. The van der Waals surface area contributed by atoms with Crippen molar-refractivity contribution < 1.29 is 9.52 Å². The smallest absolute Gasteiger partial charge is 0.134 e. The number of para-hydroxylation sites is 1. The van der Waals surface area contributed by atoms with Crippen LogP contribution >= 0.6 is 0 Å². The third-order valence-electron chi connectivity index (χ3n) is 2.21. The summed E-state index contributed by atoms with van der Waals surface area (Å²) in [4.78, 5) is 0. The SMILES string of the molecule is CC(=CCO)c1cc2ccccc2o1. The van der Waals surface area contributed by atoms with Crippen LogP contribution in [0.4, 0.5) is 0 Å². The van der Waals surface area contributed by atoms with Crippen LogP contribution in [-0.4, -0.2) is 11.7 Å². The Hall–Kier alpha value is -1.54. The Balaban J connectivity index is 2.50. The zero-order chi connectivity index (χ0) is 9.97. The number of aliphatic hydroxyl groups is 1. The highest BCUT2D eigenvalue weighted by molar-refractivity contribution is 5.81. The average Bonchev–Trinajstić information content (AvgIpc) is 2.61. The minimum Gasteiger partial charge on any atom is -0.456 e.